The van der Waals surface area contributed by atoms with Crippen molar-refractivity contribution in [3.05, 3.63) is 57.5 Å². The van der Waals surface area contributed by atoms with Gasteiger partial charge in [-0.3, -0.25) is 14.4 Å². The number of anilines is 1. The number of fused-ring (bicyclic) bond motifs is 2. The molecule has 1 atom stereocenters. The van der Waals surface area contributed by atoms with Gasteiger partial charge in [-0.1, -0.05) is 0 Å². The van der Waals surface area contributed by atoms with E-state index in [-0.39, 0.29) is 42.1 Å². The topological polar surface area (TPSA) is 102 Å². The molecule has 9 nitrogen and oxygen atoms in total. The minimum absolute atomic E-state index is 0.0269. The summed E-state index contributed by atoms with van der Waals surface area (Å²) in [5.41, 5.74) is 1.21. The van der Waals surface area contributed by atoms with Crippen LogP contribution in [0.2, 0.25) is 0 Å². The zero-order valence-corrected chi connectivity index (χ0v) is 17.1. The van der Waals surface area contributed by atoms with E-state index in [1.54, 1.807) is 17.9 Å². The normalized spacial score (nSPS) is 16.6. The highest BCUT2D eigenvalue weighted by Gasteiger charge is 2.41. The minimum atomic E-state index is -0.511. The van der Waals surface area contributed by atoms with Crippen molar-refractivity contribution in [3.63, 3.8) is 0 Å². The number of carbonyl (C=O) groups excluding carboxylic acids is 2. The predicted molar refractivity (Wildman–Crippen MR) is 109 cm³/mol. The molecule has 1 aliphatic carbocycles. The number of amides is 2. The smallest absolute Gasteiger partial charge is 0.280 e. The van der Waals surface area contributed by atoms with E-state index < -0.39 is 11.7 Å². The van der Waals surface area contributed by atoms with E-state index in [2.05, 4.69) is 15.4 Å². The lowest BCUT2D eigenvalue weighted by atomic mass is 10.2. The second-order valence-corrected chi connectivity index (χ2v) is 8.20. The van der Waals surface area contributed by atoms with Gasteiger partial charge in [0.1, 0.15) is 29.5 Å². The van der Waals surface area contributed by atoms with Gasteiger partial charge in [-0.05, 0) is 44.7 Å². The van der Waals surface area contributed by atoms with Crippen LogP contribution >= 0.6 is 0 Å². The van der Waals surface area contributed by atoms with Crippen LogP contribution in [-0.2, 0) is 17.9 Å². The fourth-order valence-corrected chi connectivity index (χ4v) is 4.20. The summed E-state index contributed by atoms with van der Waals surface area (Å²) in [6, 6.07) is 4.25. The van der Waals surface area contributed by atoms with Crippen LogP contribution in [-0.4, -0.2) is 41.9 Å². The second-order valence-electron chi connectivity index (χ2n) is 8.20. The molecule has 4 heterocycles. The number of rotatable bonds is 5. The quantitative estimate of drug-likeness (QED) is 0.672. The molecule has 0 spiro atoms. The molecule has 160 valence electrons. The summed E-state index contributed by atoms with van der Waals surface area (Å²) in [7, 11) is 0. The third-order valence-corrected chi connectivity index (χ3v) is 5.98. The zero-order chi connectivity index (χ0) is 21.9. The molecule has 0 unspecified atom stereocenters. The molecule has 3 aromatic rings. The molecule has 0 saturated heterocycles. The molecular weight excluding hydrogens is 403 g/mol. The van der Waals surface area contributed by atoms with Gasteiger partial charge in [-0.2, -0.15) is 9.61 Å². The van der Waals surface area contributed by atoms with E-state index in [0.717, 1.165) is 19.0 Å². The SMILES string of the molecule is Cc1cc2n(CC(=O)Nc3ccc(F)cn3)c3c(c(=O)n2n1)CN([C@@H](C)C1CC1)C3=O. The summed E-state index contributed by atoms with van der Waals surface area (Å²) in [5, 5.41) is 6.86. The van der Waals surface area contributed by atoms with Gasteiger partial charge in [0, 0.05) is 12.1 Å². The van der Waals surface area contributed by atoms with Gasteiger partial charge in [-0.25, -0.2) is 9.37 Å². The van der Waals surface area contributed by atoms with Gasteiger partial charge in [0.05, 0.1) is 24.0 Å². The van der Waals surface area contributed by atoms with Crippen molar-refractivity contribution in [1.29, 1.82) is 0 Å². The Labute approximate surface area is 176 Å². The van der Waals surface area contributed by atoms with Crippen molar-refractivity contribution in [1.82, 2.24) is 24.1 Å². The van der Waals surface area contributed by atoms with Crippen molar-refractivity contribution < 1.29 is 14.0 Å². The summed E-state index contributed by atoms with van der Waals surface area (Å²) in [4.78, 5) is 44.7. The minimum Gasteiger partial charge on any atom is -0.330 e. The number of hydrogen-bond acceptors (Lipinski definition) is 5. The van der Waals surface area contributed by atoms with E-state index in [9.17, 15) is 18.8 Å². The molecule has 0 radical (unpaired) electrons. The maximum atomic E-state index is 13.3. The Bertz CT molecular complexity index is 1270. The van der Waals surface area contributed by atoms with Crippen LogP contribution in [0.1, 0.15) is 41.5 Å². The number of aryl methyl sites for hydroxylation is 1. The maximum Gasteiger partial charge on any atom is 0.280 e. The van der Waals surface area contributed by atoms with Crippen LogP contribution in [0.4, 0.5) is 10.2 Å². The second kappa shape index (κ2) is 7.00. The molecule has 1 aliphatic heterocycles. The summed E-state index contributed by atoms with van der Waals surface area (Å²) in [6.07, 6.45) is 3.15. The molecule has 1 saturated carbocycles. The van der Waals surface area contributed by atoms with Crippen LogP contribution in [0.3, 0.4) is 0 Å². The van der Waals surface area contributed by atoms with Gasteiger partial charge in [0.25, 0.3) is 11.5 Å². The number of aromatic nitrogens is 4. The maximum absolute atomic E-state index is 13.3. The molecule has 2 amide bonds. The van der Waals surface area contributed by atoms with Crippen molar-refractivity contribution in [2.45, 2.75) is 45.8 Å². The van der Waals surface area contributed by atoms with E-state index in [4.69, 9.17) is 0 Å². The molecule has 3 aromatic heterocycles. The number of halogens is 1. The third-order valence-electron chi connectivity index (χ3n) is 5.98. The van der Waals surface area contributed by atoms with E-state index in [1.807, 2.05) is 6.92 Å². The van der Waals surface area contributed by atoms with Crippen molar-refractivity contribution >= 4 is 23.3 Å². The molecule has 1 N–H and O–H groups in total. The Balaban J connectivity index is 1.55. The van der Waals surface area contributed by atoms with E-state index >= 15 is 0 Å². The molecule has 1 fully saturated rings. The fraction of sp³-hybridized carbons (Fsp3) is 0.381. The number of carbonyl (C=O) groups is 2. The summed E-state index contributed by atoms with van der Waals surface area (Å²) < 4.78 is 15.9. The third kappa shape index (κ3) is 3.28. The summed E-state index contributed by atoms with van der Waals surface area (Å²) >= 11 is 0. The monoisotopic (exact) mass is 424 g/mol. The lowest BCUT2D eigenvalue weighted by Crippen LogP contribution is -2.35. The van der Waals surface area contributed by atoms with Gasteiger partial charge in [0.2, 0.25) is 5.91 Å². The highest BCUT2D eigenvalue weighted by Crippen LogP contribution is 2.38. The molecule has 10 heteroatoms. The van der Waals surface area contributed by atoms with Crippen LogP contribution in [0.25, 0.3) is 5.65 Å². The number of pyridine rings is 1. The van der Waals surface area contributed by atoms with Gasteiger partial charge >= 0.3 is 0 Å². The highest BCUT2D eigenvalue weighted by molar-refractivity contribution is 5.98. The number of hydrogen-bond donors (Lipinski definition) is 1. The molecule has 31 heavy (non-hydrogen) atoms. The Hall–Kier alpha value is -3.56. The Morgan fingerprint density at radius 2 is 2.10 bits per heavy atom. The lowest BCUT2D eigenvalue weighted by molar-refractivity contribution is -0.116. The first-order valence-corrected chi connectivity index (χ1v) is 10.2. The Kier molecular flexibility index (Phi) is 4.38. The van der Waals surface area contributed by atoms with Gasteiger partial charge in [0.15, 0.2) is 0 Å². The number of nitrogens with one attached hydrogen (secondary N) is 1. The largest absolute Gasteiger partial charge is 0.330 e. The molecule has 2 aliphatic rings. The lowest BCUT2D eigenvalue weighted by Gasteiger charge is -2.23. The highest BCUT2D eigenvalue weighted by atomic mass is 19.1. The zero-order valence-electron chi connectivity index (χ0n) is 17.1. The van der Waals surface area contributed by atoms with Crippen molar-refractivity contribution in [2.75, 3.05) is 5.32 Å². The first-order chi connectivity index (χ1) is 14.8. The Morgan fingerprint density at radius 3 is 2.77 bits per heavy atom. The average Bonchev–Trinajstić information content (AvgIpc) is 3.42. The van der Waals surface area contributed by atoms with Gasteiger partial charge in [-0.15, -0.1) is 0 Å². The number of nitrogens with zero attached hydrogens (tertiary/aromatic N) is 5. The molecule has 5 rings (SSSR count). The van der Waals surface area contributed by atoms with E-state index in [0.29, 0.717) is 22.8 Å². The molecule has 0 aromatic carbocycles. The van der Waals surface area contributed by atoms with Crippen LogP contribution in [0.5, 0.6) is 0 Å². The summed E-state index contributed by atoms with van der Waals surface area (Å²) in [5.74, 6) is -0.572. The average molecular weight is 424 g/mol. The van der Waals surface area contributed by atoms with E-state index in [1.165, 1.54) is 21.2 Å². The summed E-state index contributed by atoms with van der Waals surface area (Å²) in [6.45, 7) is 3.74. The Morgan fingerprint density at radius 1 is 1.32 bits per heavy atom. The van der Waals surface area contributed by atoms with Crippen molar-refractivity contribution in [3.8, 4) is 0 Å². The van der Waals surface area contributed by atoms with Crippen LogP contribution in [0.15, 0.2) is 29.2 Å². The molecular formula is C21H21FN6O3. The first kappa shape index (κ1) is 19.4. The first-order valence-electron chi connectivity index (χ1n) is 10.2. The van der Waals surface area contributed by atoms with Crippen LogP contribution in [0, 0.1) is 18.7 Å². The van der Waals surface area contributed by atoms with Crippen molar-refractivity contribution in [2.24, 2.45) is 5.92 Å². The molecule has 0 bridgehead atoms. The van der Waals surface area contributed by atoms with Gasteiger partial charge < -0.3 is 14.8 Å². The standard InChI is InChI=1S/C21H21FN6O3/c1-11-7-18-27(10-17(29)24-16-6-5-14(22)8-23-16)19-15(20(30)28(18)25-11)9-26(21(19)31)12(2)13-3-4-13/h5-8,12-13H,3-4,9-10H2,1-2H3,(H,23,24,29)/t12-/m0/s1. The fourth-order valence-electron chi connectivity index (χ4n) is 4.20. The predicted octanol–water partition coefficient (Wildman–Crippen LogP) is 1.73. The van der Waals surface area contributed by atoms with Crippen LogP contribution < -0.4 is 10.9 Å².